The predicted octanol–water partition coefficient (Wildman–Crippen LogP) is 6.14. The van der Waals surface area contributed by atoms with Gasteiger partial charge in [-0.3, -0.25) is 4.40 Å². The second kappa shape index (κ2) is 4.98. The standard InChI is InChI=1S/C17H12Cl2N2S/c1-9-5-15-16(6-10(9)2)22-17-20-14(8-21(15)17)11-3-4-12(18)13(19)7-11/h3-8H,1-2H3. The first kappa shape index (κ1) is 14.1. The van der Waals surface area contributed by atoms with Crippen LogP contribution in [0.4, 0.5) is 0 Å². The zero-order valence-corrected chi connectivity index (χ0v) is 14.4. The summed E-state index contributed by atoms with van der Waals surface area (Å²) in [7, 11) is 0. The molecule has 110 valence electrons. The molecule has 0 fully saturated rings. The highest BCUT2D eigenvalue weighted by atomic mass is 35.5. The molecule has 4 rings (SSSR count). The van der Waals surface area contributed by atoms with Gasteiger partial charge in [-0.1, -0.05) is 40.6 Å². The van der Waals surface area contributed by atoms with Gasteiger partial charge in [0.15, 0.2) is 4.96 Å². The van der Waals surface area contributed by atoms with E-state index >= 15 is 0 Å². The van der Waals surface area contributed by atoms with Crippen LogP contribution in [0.15, 0.2) is 36.5 Å². The second-order valence-electron chi connectivity index (χ2n) is 5.41. The summed E-state index contributed by atoms with van der Waals surface area (Å²) in [4.78, 5) is 5.72. The van der Waals surface area contributed by atoms with Gasteiger partial charge in [0.1, 0.15) is 0 Å². The third-order valence-electron chi connectivity index (χ3n) is 3.92. The molecule has 0 aliphatic carbocycles. The molecule has 0 N–H and O–H groups in total. The summed E-state index contributed by atoms with van der Waals surface area (Å²) in [6.45, 7) is 4.27. The maximum absolute atomic E-state index is 6.11. The van der Waals surface area contributed by atoms with Crippen LogP contribution in [0, 0.1) is 13.8 Å². The molecule has 2 aromatic heterocycles. The number of aromatic nitrogens is 2. The Hall–Kier alpha value is -1.55. The number of thiazole rings is 1. The Morgan fingerprint density at radius 2 is 1.77 bits per heavy atom. The van der Waals surface area contributed by atoms with Crippen LogP contribution in [0.1, 0.15) is 11.1 Å². The first-order valence-corrected chi connectivity index (χ1v) is 8.44. The molecule has 0 saturated carbocycles. The SMILES string of the molecule is Cc1cc2sc3nc(-c4ccc(Cl)c(Cl)c4)cn3c2cc1C. The lowest BCUT2D eigenvalue weighted by atomic mass is 10.1. The van der Waals surface area contributed by atoms with Gasteiger partial charge >= 0.3 is 0 Å². The topological polar surface area (TPSA) is 17.3 Å². The molecule has 2 aromatic carbocycles. The molecule has 0 radical (unpaired) electrons. The van der Waals surface area contributed by atoms with E-state index in [2.05, 4.69) is 36.6 Å². The van der Waals surface area contributed by atoms with Crippen LogP contribution < -0.4 is 0 Å². The molecule has 0 aliphatic heterocycles. The van der Waals surface area contributed by atoms with E-state index in [1.54, 1.807) is 17.4 Å². The maximum Gasteiger partial charge on any atom is 0.195 e. The van der Waals surface area contributed by atoms with E-state index in [1.165, 1.54) is 21.3 Å². The number of aryl methyl sites for hydroxylation is 2. The number of halogens is 2. The number of hydrogen-bond donors (Lipinski definition) is 0. The number of rotatable bonds is 1. The Morgan fingerprint density at radius 1 is 1.00 bits per heavy atom. The van der Waals surface area contributed by atoms with Crippen molar-refractivity contribution in [3.63, 3.8) is 0 Å². The van der Waals surface area contributed by atoms with Crippen molar-refractivity contribution in [1.82, 2.24) is 9.38 Å². The van der Waals surface area contributed by atoms with E-state index in [-0.39, 0.29) is 0 Å². The van der Waals surface area contributed by atoms with Crippen molar-refractivity contribution in [3.05, 3.63) is 57.7 Å². The Morgan fingerprint density at radius 3 is 2.55 bits per heavy atom. The lowest BCUT2D eigenvalue weighted by Crippen LogP contribution is -1.83. The molecule has 5 heteroatoms. The van der Waals surface area contributed by atoms with Crippen LogP contribution in [-0.2, 0) is 0 Å². The molecule has 0 spiro atoms. The highest BCUT2D eigenvalue weighted by Crippen LogP contribution is 2.33. The lowest BCUT2D eigenvalue weighted by Gasteiger charge is -2.00. The largest absolute Gasteiger partial charge is 0.290 e. The van der Waals surface area contributed by atoms with Crippen molar-refractivity contribution in [1.29, 1.82) is 0 Å². The van der Waals surface area contributed by atoms with E-state index in [1.807, 2.05) is 12.1 Å². The minimum atomic E-state index is 0.548. The van der Waals surface area contributed by atoms with E-state index in [4.69, 9.17) is 28.2 Å². The highest BCUT2D eigenvalue weighted by Gasteiger charge is 2.12. The van der Waals surface area contributed by atoms with E-state index in [0.29, 0.717) is 10.0 Å². The average molecular weight is 347 g/mol. The average Bonchev–Trinajstić information content (AvgIpc) is 3.01. The van der Waals surface area contributed by atoms with E-state index in [9.17, 15) is 0 Å². The Bertz CT molecular complexity index is 1030. The minimum absolute atomic E-state index is 0.548. The van der Waals surface area contributed by atoms with Gasteiger partial charge in [-0.15, -0.1) is 0 Å². The van der Waals surface area contributed by atoms with Gasteiger partial charge in [-0.25, -0.2) is 4.98 Å². The fourth-order valence-electron chi connectivity index (χ4n) is 2.55. The third kappa shape index (κ3) is 2.12. The number of benzene rings is 2. The summed E-state index contributed by atoms with van der Waals surface area (Å²) >= 11 is 13.8. The van der Waals surface area contributed by atoms with Crippen molar-refractivity contribution >= 4 is 49.7 Å². The van der Waals surface area contributed by atoms with Crippen molar-refractivity contribution in [3.8, 4) is 11.3 Å². The normalized spacial score (nSPS) is 11.6. The molecule has 4 aromatic rings. The monoisotopic (exact) mass is 346 g/mol. The summed E-state index contributed by atoms with van der Waals surface area (Å²) in [5.74, 6) is 0. The lowest BCUT2D eigenvalue weighted by molar-refractivity contribution is 1.28. The third-order valence-corrected chi connectivity index (χ3v) is 5.68. The molecular formula is C17H12Cl2N2S. The first-order valence-electron chi connectivity index (χ1n) is 6.87. The fourth-order valence-corrected chi connectivity index (χ4v) is 3.93. The highest BCUT2D eigenvalue weighted by molar-refractivity contribution is 7.23. The van der Waals surface area contributed by atoms with Gasteiger partial charge in [0.2, 0.25) is 0 Å². The van der Waals surface area contributed by atoms with Gasteiger partial charge in [0.05, 0.1) is 26.0 Å². The molecule has 2 heterocycles. The van der Waals surface area contributed by atoms with Crippen LogP contribution in [0.25, 0.3) is 26.4 Å². The van der Waals surface area contributed by atoms with Crippen molar-refractivity contribution < 1.29 is 0 Å². The molecular weight excluding hydrogens is 335 g/mol. The summed E-state index contributed by atoms with van der Waals surface area (Å²) in [6.07, 6.45) is 2.06. The predicted molar refractivity (Wildman–Crippen MR) is 95.5 cm³/mol. The van der Waals surface area contributed by atoms with Crippen LogP contribution in [0.5, 0.6) is 0 Å². The van der Waals surface area contributed by atoms with Gasteiger partial charge in [-0.05, 0) is 49.2 Å². The number of imidazole rings is 1. The summed E-state index contributed by atoms with van der Waals surface area (Å²) in [6, 6.07) is 10.0. The zero-order valence-electron chi connectivity index (χ0n) is 12.0. The van der Waals surface area contributed by atoms with Crippen LogP contribution >= 0.6 is 34.5 Å². The molecule has 0 bridgehead atoms. The van der Waals surface area contributed by atoms with Crippen LogP contribution in [-0.4, -0.2) is 9.38 Å². The van der Waals surface area contributed by atoms with Crippen LogP contribution in [0.2, 0.25) is 10.0 Å². The minimum Gasteiger partial charge on any atom is -0.290 e. The number of hydrogen-bond acceptors (Lipinski definition) is 2. The summed E-state index contributed by atoms with van der Waals surface area (Å²) in [5, 5.41) is 1.11. The van der Waals surface area contributed by atoms with Gasteiger partial charge in [-0.2, -0.15) is 0 Å². The van der Waals surface area contributed by atoms with Gasteiger partial charge < -0.3 is 0 Å². The quantitative estimate of drug-likeness (QED) is 0.404. The Kier molecular flexibility index (Phi) is 3.19. The molecule has 0 amide bonds. The maximum atomic E-state index is 6.11. The smallest absolute Gasteiger partial charge is 0.195 e. The van der Waals surface area contributed by atoms with E-state index < -0.39 is 0 Å². The van der Waals surface area contributed by atoms with Crippen LogP contribution in [0.3, 0.4) is 0 Å². The summed E-state index contributed by atoms with van der Waals surface area (Å²) < 4.78 is 3.40. The van der Waals surface area contributed by atoms with Crippen molar-refractivity contribution in [2.45, 2.75) is 13.8 Å². The Balaban J connectivity index is 1.94. The summed E-state index contributed by atoms with van der Waals surface area (Å²) in [5.41, 5.74) is 5.67. The van der Waals surface area contributed by atoms with Crippen molar-refractivity contribution in [2.24, 2.45) is 0 Å². The first-order chi connectivity index (χ1) is 10.5. The van der Waals surface area contributed by atoms with E-state index in [0.717, 1.165) is 16.2 Å². The molecule has 0 unspecified atom stereocenters. The van der Waals surface area contributed by atoms with Gasteiger partial charge in [0.25, 0.3) is 0 Å². The molecule has 0 saturated heterocycles. The van der Waals surface area contributed by atoms with Gasteiger partial charge in [0, 0.05) is 11.8 Å². The fraction of sp³-hybridized carbons (Fsp3) is 0.118. The molecule has 22 heavy (non-hydrogen) atoms. The molecule has 0 atom stereocenters. The number of fused-ring (bicyclic) bond motifs is 3. The zero-order chi connectivity index (χ0) is 15.4. The number of nitrogens with zero attached hydrogens (tertiary/aromatic N) is 2. The Labute approximate surface area is 141 Å². The molecule has 0 aliphatic rings. The molecule has 2 nitrogen and oxygen atoms in total. The second-order valence-corrected chi connectivity index (χ2v) is 7.24. The van der Waals surface area contributed by atoms with Crippen molar-refractivity contribution in [2.75, 3.05) is 0 Å².